The number of nitrogens with zero attached hydrogens (tertiary/aromatic N) is 1. The zero-order valence-corrected chi connectivity index (χ0v) is 14.1. The van der Waals surface area contributed by atoms with Crippen molar-refractivity contribution in [3.05, 3.63) is 46.8 Å². The average Bonchev–Trinajstić information content (AvgIpc) is 3.04. The second-order valence-electron chi connectivity index (χ2n) is 5.66. The molecule has 25 heavy (non-hydrogen) atoms. The number of rotatable bonds is 2. The summed E-state index contributed by atoms with van der Waals surface area (Å²) in [5.41, 5.74) is 1.69. The summed E-state index contributed by atoms with van der Waals surface area (Å²) in [5, 5.41) is 10.4. The first-order valence-corrected chi connectivity index (χ1v) is 9.00. The number of allylic oxidation sites excluding steroid dienone is 1. The lowest BCUT2D eigenvalue weighted by Gasteiger charge is -2.05. The molecule has 2 aliphatic rings. The van der Waals surface area contributed by atoms with E-state index < -0.39 is 15.9 Å². The van der Waals surface area contributed by atoms with Crippen LogP contribution >= 0.6 is 12.2 Å². The molecule has 1 aliphatic heterocycles. The van der Waals surface area contributed by atoms with Crippen LogP contribution in [0, 0.1) is 0 Å². The number of hydrogen-bond acceptors (Lipinski definition) is 6. The van der Waals surface area contributed by atoms with Gasteiger partial charge in [0.15, 0.2) is 0 Å². The van der Waals surface area contributed by atoms with Crippen molar-refractivity contribution >= 4 is 50.5 Å². The molecule has 126 valence electrons. The molecule has 1 aliphatic carbocycles. The van der Waals surface area contributed by atoms with E-state index in [1.807, 2.05) is 0 Å². The van der Waals surface area contributed by atoms with E-state index in [-0.39, 0.29) is 33.3 Å². The maximum Gasteiger partial charge on any atom is 0.294 e. The minimum Gasteiger partial charge on any atom is -0.505 e. The van der Waals surface area contributed by atoms with E-state index in [4.69, 9.17) is 16.8 Å². The second kappa shape index (κ2) is 5.19. The summed E-state index contributed by atoms with van der Waals surface area (Å²) in [6.45, 7) is 0. The molecule has 0 radical (unpaired) electrons. The van der Waals surface area contributed by atoms with Crippen molar-refractivity contribution in [2.75, 3.05) is 0 Å². The maximum atomic E-state index is 12.6. The van der Waals surface area contributed by atoms with Gasteiger partial charge in [-0.25, -0.2) is 4.99 Å². The van der Waals surface area contributed by atoms with E-state index >= 15 is 0 Å². The van der Waals surface area contributed by atoms with Crippen molar-refractivity contribution in [3.8, 4) is 5.75 Å². The number of nitrogens with one attached hydrogen (secondary N) is 1. The quantitative estimate of drug-likeness (QED) is 0.548. The van der Waals surface area contributed by atoms with Crippen LogP contribution in [0.25, 0.3) is 6.08 Å². The maximum absolute atomic E-state index is 12.6. The number of hydrogen-bond donors (Lipinski definition) is 3. The molecule has 0 atom stereocenters. The normalized spacial score (nSPS) is 16.0. The molecule has 0 bridgehead atoms. The summed E-state index contributed by atoms with van der Waals surface area (Å²) < 4.78 is 31.6. The van der Waals surface area contributed by atoms with Gasteiger partial charge in [-0.3, -0.25) is 9.35 Å². The predicted molar refractivity (Wildman–Crippen MR) is 94.6 cm³/mol. The van der Waals surface area contributed by atoms with Crippen LogP contribution < -0.4 is 0 Å². The molecule has 0 fully saturated rings. The lowest BCUT2D eigenvalue weighted by atomic mass is 10.0. The van der Waals surface area contributed by atoms with Gasteiger partial charge in [-0.1, -0.05) is 12.2 Å². The highest BCUT2D eigenvalue weighted by Gasteiger charge is 2.32. The third-order valence-electron chi connectivity index (χ3n) is 4.09. The van der Waals surface area contributed by atoms with Gasteiger partial charge in [0.1, 0.15) is 17.2 Å². The lowest BCUT2D eigenvalue weighted by molar-refractivity contribution is 0.106. The third-order valence-corrected chi connectivity index (χ3v) is 5.22. The summed E-state index contributed by atoms with van der Waals surface area (Å²) in [6.07, 6.45) is 3.83. The number of carbonyl (C=O) groups is 1. The highest BCUT2D eigenvalue weighted by molar-refractivity contribution is 7.85. The molecule has 2 aromatic rings. The molecule has 2 heterocycles. The average molecular weight is 374 g/mol. The number of thiocarbonyl (C=S) groups is 1. The van der Waals surface area contributed by atoms with E-state index in [9.17, 15) is 18.3 Å². The first-order valence-electron chi connectivity index (χ1n) is 7.15. The molecule has 0 unspecified atom stereocenters. The number of aromatic hydroxyl groups is 1. The van der Waals surface area contributed by atoms with Crippen LogP contribution in [0.3, 0.4) is 0 Å². The van der Waals surface area contributed by atoms with Gasteiger partial charge in [0.2, 0.25) is 5.78 Å². The van der Waals surface area contributed by atoms with E-state index in [1.165, 1.54) is 6.07 Å². The van der Waals surface area contributed by atoms with Crippen molar-refractivity contribution in [2.45, 2.75) is 11.3 Å². The summed E-state index contributed by atoms with van der Waals surface area (Å²) in [6, 6.07) is 3.56. The minimum absolute atomic E-state index is 0.0197. The fraction of sp³-hybridized carbons (Fsp3) is 0.0625. The molecule has 9 heteroatoms. The van der Waals surface area contributed by atoms with Gasteiger partial charge in [-0.2, -0.15) is 8.42 Å². The molecule has 0 saturated carbocycles. The van der Waals surface area contributed by atoms with Crippen LogP contribution in [0.5, 0.6) is 5.75 Å². The Balaban J connectivity index is 1.81. The molecular formula is C16H10N2O5S2. The molecule has 1 aromatic carbocycles. The minimum atomic E-state index is -4.43. The van der Waals surface area contributed by atoms with Gasteiger partial charge in [0, 0.05) is 22.5 Å². The number of benzene rings is 1. The molecule has 4 rings (SSSR count). The Labute approximate surface area is 147 Å². The summed E-state index contributed by atoms with van der Waals surface area (Å²) in [5.74, 6) is -0.641. The van der Waals surface area contributed by atoms with Crippen molar-refractivity contribution in [1.29, 1.82) is 0 Å². The summed E-state index contributed by atoms with van der Waals surface area (Å²) in [4.78, 5) is 20.0. The van der Waals surface area contributed by atoms with Gasteiger partial charge in [-0.05, 0) is 30.4 Å². The van der Waals surface area contributed by atoms with Crippen LogP contribution in [0.1, 0.15) is 27.3 Å². The number of fused-ring (bicyclic) bond motifs is 2. The van der Waals surface area contributed by atoms with Crippen LogP contribution in [-0.4, -0.2) is 39.4 Å². The van der Waals surface area contributed by atoms with Gasteiger partial charge in [0.25, 0.3) is 10.1 Å². The predicted octanol–water partition coefficient (Wildman–Crippen LogP) is 2.22. The molecule has 0 saturated heterocycles. The van der Waals surface area contributed by atoms with Gasteiger partial charge in [-0.15, -0.1) is 0 Å². The smallest absolute Gasteiger partial charge is 0.294 e. The number of carbonyl (C=O) groups excluding carboxylic acids is 1. The van der Waals surface area contributed by atoms with Crippen molar-refractivity contribution in [2.24, 2.45) is 4.99 Å². The molecule has 1 aromatic heterocycles. The Morgan fingerprint density at radius 2 is 2.00 bits per heavy atom. The Kier molecular flexibility index (Phi) is 3.29. The topological polar surface area (TPSA) is 120 Å². The molecule has 0 spiro atoms. The monoisotopic (exact) mass is 374 g/mol. The Hall–Kier alpha value is -2.62. The Morgan fingerprint density at radius 1 is 1.24 bits per heavy atom. The van der Waals surface area contributed by atoms with E-state index in [0.717, 1.165) is 12.1 Å². The fourth-order valence-corrected chi connectivity index (χ4v) is 3.59. The number of aliphatic imine (C=N–C) groups is 1. The van der Waals surface area contributed by atoms with Crippen LogP contribution in [0.15, 0.2) is 34.2 Å². The highest BCUT2D eigenvalue weighted by Crippen LogP contribution is 2.36. The lowest BCUT2D eigenvalue weighted by Crippen LogP contribution is -2.12. The zero-order chi connectivity index (χ0) is 17.9. The van der Waals surface area contributed by atoms with Crippen molar-refractivity contribution in [3.63, 3.8) is 0 Å². The molecule has 3 N–H and O–H groups in total. The van der Waals surface area contributed by atoms with Gasteiger partial charge in [0.05, 0.1) is 16.1 Å². The van der Waals surface area contributed by atoms with E-state index in [0.29, 0.717) is 22.5 Å². The van der Waals surface area contributed by atoms with Crippen molar-refractivity contribution < 1.29 is 22.9 Å². The van der Waals surface area contributed by atoms with Gasteiger partial charge >= 0.3 is 0 Å². The number of H-pyrrole nitrogens is 1. The number of aromatic amines is 1. The zero-order valence-electron chi connectivity index (χ0n) is 12.5. The summed E-state index contributed by atoms with van der Waals surface area (Å²) in [7, 11) is -4.43. The van der Waals surface area contributed by atoms with Crippen molar-refractivity contribution in [1.82, 2.24) is 4.98 Å². The Morgan fingerprint density at radius 3 is 2.72 bits per heavy atom. The molecular weight excluding hydrogens is 364 g/mol. The van der Waals surface area contributed by atoms with Crippen LogP contribution in [0.4, 0.5) is 5.69 Å². The first-order chi connectivity index (χ1) is 11.8. The fourth-order valence-electron chi connectivity index (χ4n) is 2.87. The van der Waals surface area contributed by atoms with E-state index in [1.54, 1.807) is 12.2 Å². The molecule has 7 nitrogen and oxygen atoms in total. The van der Waals surface area contributed by atoms with E-state index in [2.05, 4.69) is 9.98 Å². The third kappa shape index (κ3) is 2.44. The second-order valence-corrected chi connectivity index (χ2v) is 7.61. The highest BCUT2D eigenvalue weighted by atomic mass is 32.2. The number of ketones is 1. The van der Waals surface area contributed by atoms with Crippen LogP contribution in [-0.2, 0) is 16.5 Å². The molecule has 0 amide bonds. The number of aromatic nitrogens is 1. The first kappa shape index (κ1) is 15.9. The Bertz CT molecular complexity index is 1140. The number of Topliss-reactive ketones (excluding diaryl/α,β-unsaturated/α-hetero) is 1. The van der Waals surface area contributed by atoms with Crippen LogP contribution in [0.2, 0.25) is 0 Å². The summed E-state index contributed by atoms with van der Waals surface area (Å²) >= 11 is 5.13. The standard InChI is InChI=1S/C16H10N2O5S2/c19-15-9-5-7(24)1-3-11(9)17-13(15)14-16(20)10-6-8(25(21,22)23)2-4-12(10)18-14/h1-4,6,17,19H,5H2,(H,21,22,23). The largest absolute Gasteiger partial charge is 0.505 e. The van der Waals surface area contributed by atoms with Gasteiger partial charge < -0.3 is 10.1 Å². The SMILES string of the molecule is O=C1C(c2[nH]c3c(c2O)CC(=S)C=C3)=Nc2ccc(S(=O)(=O)O)cc21.